The van der Waals surface area contributed by atoms with Crippen LogP contribution in [0.4, 0.5) is 0 Å². The summed E-state index contributed by atoms with van der Waals surface area (Å²) < 4.78 is 0. The SMILES string of the molecule is CNC(=O)C(C)(C)CNC[C@H](c1ccccc1)C(C)C. The molecular formula is C17H28N2O. The van der Waals surface area contributed by atoms with E-state index in [1.54, 1.807) is 7.05 Å². The van der Waals surface area contributed by atoms with Gasteiger partial charge in [-0.05, 0) is 31.2 Å². The fraction of sp³-hybridized carbons (Fsp3) is 0.588. The second kappa shape index (κ2) is 7.44. The number of rotatable bonds is 7. The van der Waals surface area contributed by atoms with Gasteiger partial charge in [-0.15, -0.1) is 0 Å². The maximum absolute atomic E-state index is 11.8. The molecule has 1 aromatic rings. The summed E-state index contributed by atoms with van der Waals surface area (Å²) in [6.45, 7) is 9.98. The number of hydrogen-bond donors (Lipinski definition) is 2. The highest BCUT2D eigenvalue weighted by atomic mass is 16.2. The van der Waals surface area contributed by atoms with E-state index in [0.717, 1.165) is 6.54 Å². The summed E-state index contributed by atoms with van der Waals surface area (Å²) in [6, 6.07) is 10.6. The van der Waals surface area contributed by atoms with Gasteiger partial charge in [0.15, 0.2) is 0 Å². The van der Waals surface area contributed by atoms with Gasteiger partial charge in [0.05, 0.1) is 5.41 Å². The van der Waals surface area contributed by atoms with Gasteiger partial charge < -0.3 is 10.6 Å². The van der Waals surface area contributed by atoms with Crippen molar-refractivity contribution in [1.29, 1.82) is 0 Å². The molecule has 1 rings (SSSR count). The van der Waals surface area contributed by atoms with Gasteiger partial charge in [0.25, 0.3) is 0 Å². The predicted octanol–water partition coefficient (Wildman–Crippen LogP) is 2.79. The van der Waals surface area contributed by atoms with E-state index in [4.69, 9.17) is 0 Å². The van der Waals surface area contributed by atoms with Crippen LogP contribution < -0.4 is 10.6 Å². The summed E-state index contributed by atoms with van der Waals surface area (Å²) in [5, 5.41) is 6.18. The van der Waals surface area contributed by atoms with E-state index in [-0.39, 0.29) is 11.3 Å². The van der Waals surface area contributed by atoms with Crippen molar-refractivity contribution in [3.05, 3.63) is 35.9 Å². The van der Waals surface area contributed by atoms with Crippen LogP contribution in [0.25, 0.3) is 0 Å². The summed E-state index contributed by atoms with van der Waals surface area (Å²) in [5.41, 5.74) is 0.972. The minimum atomic E-state index is -0.382. The average molecular weight is 276 g/mol. The van der Waals surface area contributed by atoms with Crippen molar-refractivity contribution in [3.8, 4) is 0 Å². The minimum Gasteiger partial charge on any atom is -0.359 e. The standard InChI is InChI=1S/C17H28N2O/c1-13(2)15(14-9-7-6-8-10-14)11-19-12-17(3,4)16(20)18-5/h6-10,13,15,19H,11-12H2,1-5H3,(H,18,20)/t15-/m0/s1. The second-order valence-corrected chi connectivity index (χ2v) is 6.36. The van der Waals surface area contributed by atoms with Crippen molar-refractivity contribution < 1.29 is 4.79 Å². The molecule has 0 bridgehead atoms. The van der Waals surface area contributed by atoms with Crippen molar-refractivity contribution in [2.24, 2.45) is 11.3 Å². The highest BCUT2D eigenvalue weighted by Gasteiger charge is 2.26. The van der Waals surface area contributed by atoms with Crippen LogP contribution >= 0.6 is 0 Å². The molecule has 0 saturated carbocycles. The molecule has 3 nitrogen and oxygen atoms in total. The molecule has 0 unspecified atom stereocenters. The fourth-order valence-electron chi connectivity index (χ4n) is 2.40. The van der Waals surface area contributed by atoms with Crippen LogP contribution in [0.1, 0.15) is 39.2 Å². The first kappa shape index (κ1) is 16.7. The molecule has 0 saturated heterocycles. The van der Waals surface area contributed by atoms with Crippen LogP contribution in [-0.4, -0.2) is 26.0 Å². The molecule has 0 aliphatic carbocycles. The topological polar surface area (TPSA) is 41.1 Å². The second-order valence-electron chi connectivity index (χ2n) is 6.36. The smallest absolute Gasteiger partial charge is 0.226 e. The zero-order chi connectivity index (χ0) is 15.2. The summed E-state index contributed by atoms with van der Waals surface area (Å²) in [7, 11) is 1.69. The van der Waals surface area contributed by atoms with E-state index in [0.29, 0.717) is 18.4 Å². The van der Waals surface area contributed by atoms with Crippen LogP contribution in [0.15, 0.2) is 30.3 Å². The van der Waals surface area contributed by atoms with Crippen molar-refractivity contribution in [3.63, 3.8) is 0 Å². The third-order valence-electron chi connectivity index (χ3n) is 3.81. The monoisotopic (exact) mass is 276 g/mol. The zero-order valence-corrected chi connectivity index (χ0v) is 13.4. The van der Waals surface area contributed by atoms with E-state index in [1.807, 2.05) is 19.9 Å². The Labute approximate surface area is 123 Å². The number of benzene rings is 1. The number of carbonyl (C=O) groups excluding carboxylic acids is 1. The van der Waals surface area contributed by atoms with Gasteiger partial charge in [-0.25, -0.2) is 0 Å². The van der Waals surface area contributed by atoms with Crippen molar-refractivity contribution >= 4 is 5.91 Å². The normalized spacial score (nSPS) is 13.3. The Kier molecular flexibility index (Phi) is 6.21. The van der Waals surface area contributed by atoms with Gasteiger partial charge >= 0.3 is 0 Å². The highest BCUT2D eigenvalue weighted by molar-refractivity contribution is 5.81. The molecule has 2 N–H and O–H groups in total. The van der Waals surface area contributed by atoms with E-state index < -0.39 is 0 Å². The molecule has 0 radical (unpaired) electrons. The molecule has 0 heterocycles. The molecular weight excluding hydrogens is 248 g/mol. The maximum Gasteiger partial charge on any atom is 0.226 e. The van der Waals surface area contributed by atoms with E-state index in [1.165, 1.54) is 5.56 Å². The van der Waals surface area contributed by atoms with Crippen molar-refractivity contribution in [2.75, 3.05) is 20.1 Å². The van der Waals surface area contributed by atoms with Gasteiger partial charge in [0, 0.05) is 20.1 Å². The van der Waals surface area contributed by atoms with Crippen LogP contribution in [0, 0.1) is 11.3 Å². The molecule has 0 aliphatic rings. The predicted molar refractivity (Wildman–Crippen MR) is 84.7 cm³/mol. The Morgan fingerprint density at radius 1 is 1.20 bits per heavy atom. The first-order valence-electron chi connectivity index (χ1n) is 7.36. The van der Waals surface area contributed by atoms with E-state index in [9.17, 15) is 4.79 Å². The molecule has 0 aromatic heterocycles. The number of carbonyl (C=O) groups is 1. The van der Waals surface area contributed by atoms with Gasteiger partial charge in [-0.1, -0.05) is 44.2 Å². The third-order valence-corrected chi connectivity index (χ3v) is 3.81. The lowest BCUT2D eigenvalue weighted by Crippen LogP contribution is -2.43. The Hall–Kier alpha value is -1.35. The quantitative estimate of drug-likeness (QED) is 0.804. The minimum absolute atomic E-state index is 0.0748. The summed E-state index contributed by atoms with van der Waals surface area (Å²) in [6.07, 6.45) is 0. The molecule has 20 heavy (non-hydrogen) atoms. The Balaban J connectivity index is 2.59. The van der Waals surface area contributed by atoms with Crippen molar-refractivity contribution in [1.82, 2.24) is 10.6 Å². The molecule has 3 heteroatoms. The molecule has 1 atom stereocenters. The molecule has 112 valence electrons. The van der Waals surface area contributed by atoms with Crippen LogP contribution in [0.2, 0.25) is 0 Å². The average Bonchev–Trinajstić information content (AvgIpc) is 2.43. The van der Waals surface area contributed by atoms with Crippen LogP contribution in [0.3, 0.4) is 0 Å². The Bertz CT molecular complexity index is 412. The van der Waals surface area contributed by atoms with Gasteiger partial charge in [-0.2, -0.15) is 0 Å². The third kappa shape index (κ3) is 4.64. The van der Waals surface area contributed by atoms with Gasteiger partial charge in [0.1, 0.15) is 0 Å². The summed E-state index contributed by atoms with van der Waals surface area (Å²) >= 11 is 0. The molecule has 0 spiro atoms. The fourth-order valence-corrected chi connectivity index (χ4v) is 2.40. The maximum atomic E-state index is 11.8. The number of nitrogens with one attached hydrogen (secondary N) is 2. The summed E-state index contributed by atoms with van der Waals surface area (Å²) in [4.78, 5) is 11.8. The van der Waals surface area contributed by atoms with Crippen molar-refractivity contribution in [2.45, 2.75) is 33.6 Å². The Morgan fingerprint density at radius 3 is 2.30 bits per heavy atom. The molecule has 1 aromatic carbocycles. The van der Waals surface area contributed by atoms with Gasteiger partial charge in [-0.3, -0.25) is 4.79 Å². The molecule has 0 aliphatic heterocycles. The number of amides is 1. The first-order valence-corrected chi connectivity index (χ1v) is 7.36. The first-order chi connectivity index (χ1) is 9.38. The summed E-state index contributed by atoms with van der Waals surface area (Å²) in [5.74, 6) is 1.11. The van der Waals surface area contributed by atoms with E-state index in [2.05, 4.69) is 48.7 Å². The van der Waals surface area contributed by atoms with Crippen LogP contribution in [0.5, 0.6) is 0 Å². The Morgan fingerprint density at radius 2 is 1.80 bits per heavy atom. The highest BCUT2D eigenvalue weighted by Crippen LogP contribution is 2.24. The van der Waals surface area contributed by atoms with E-state index >= 15 is 0 Å². The lowest BCUT2D eigenvalue weighted by molar-refractivity contribution is -0.128. The lowest BCUT2D eigenvalue weighted by atomic mass is 9.87. The lowest BCUT2D eigenvalue weighted by Gasteiger charge is -2.26. The van der Waals surface area contributed by atoms with Gasteiger partial charge in [0.2, 0.25) is 5.91 Å². The largest absolute Gasteiger partial charge is 0.359 e. The van der Waals surface area contributed by atoms with Crippen LogP contribution in [-0.2, 0) is 4.79 Å². The zero-order valence-electron chi connectivity index (χ0n) is 13.4. The number of hydrogen-bond acceptors (Lipinski definition) is 2. The molecule has 1 amide bonds. The molecule has 0 fully saturated rings.